The Morgan fingerprint density at radius 3 is 1.78 bits per heavy atom. The predicted molar refractivity (Wildman–Crippen MR) is 108 cm³/mol. The van der Waals surface area contributed by atoms with Crippen molar-refractivity contribution < 1.29 is 0 Å². The van der Waals surface area contributed by atoms with E-state index in [-0.39, 0.29) is 0 Å². The molecule has 0 aliphatic carbocycles. The largest absolute Gasteiger partial charge is 0.311 e. The summed E-state index contributed by atoms with van der Waals surface area (Å²) in [7, 11) is 0. The van der Waals surface area contributed by atoms with Crippen molar-refractivity contribution in [1.82, 2.24) is 25.2 Å². The maximum absolute atomic E-state index is 4.49. The average molecular weight is 361 g/mol. The summed E-state index contributed by atoms with van der Waals surface area (Å²) in [6.45, 7) is 5.65. The molecule has 3 heterocycles. The van der Waals surface area contributed by atoms with Crippen molar-refractivity contribution >= 4 is 0 Å². The Labute approximate surface area is 161 Å². The van der Waals surface area contributed by atoms with Crippen LogP contribution in [0, 0.1) is 0 Å². The molecule has 0 aromatic carbocycles. The van der Waals surface area contributed by atoms with Crippen LogP contribution < -0.4 is 5.32 Å². The molecule has 1 atom stereocenters. The zero-order valence-corrected chi connectivity index (χ0v) is 15.8. The maximum atomic E-state index is 4.49. The topological polar surface area (TPSA) is 53.9 Å². The number of hydrogen-bond donors (Lipinski definition) is 1. The second kappa shape index (κ2) is 10.5. The van der Waals surface area contributed by atoms with E-state index in [0.29, 0.717) is 6.04 Å². The third kappa shape index (κ3) is 6.55. The summed E-state index contributed by atoms with van der Waals surface area (Å²) in [5.41, 5.74) is 3.24. The van der Waals surface area contributed by atoms with Gasteiger partial charge < -0.3 is 5.32 Å². The van der Waals surface area contributed by atoms with E-state index in [9.17, 15) is 0 Å². The number of pyridine rings is 3. The number of aromatic nitrogens is 3. The lowest BCUT2D eigenvalue weighted by Crippen LogP contribution is -2.35. The zero-order valence-electron chi connectivity index (χ0n) is 15.8. The van der Waals surface area contributed by atoms with Gasteiger partial charge in [-0.3, -0.25) is 19.9 Å². The monoisotopic (exact) mass is 361 g/mol. The van der Waals surface area contributed by atoms with E-state index in [1.54, 1.807) is 0 Å². The highest BCUT2D eigenvalue weighted by molar-refractivity contribution is 5.07. The van der Waals surface area contributed by atoms with Gasteiger partial charge >= 0.3 is 0 Å². The number of rotatable bonds is 10. The van der Waals surface area contributed by atoms with Crippen LogP contribution in [0.2, 0.25) is 0 Å². The Morgan fingerprint density at radius 1 is 0.778 bits per heavy atom. The van der Waals surface area contributed by atoms with Gasteiger partial charge in [0, 0.05) is 44.3 Å². The van der Waals surface area contributed by atoms with Crippen LogP contribution in [0.5, 0.6) is 0 Å². The van der Waals surface area contributed by atoms with E-state index in [1.165, 1.54) is 0 Å². The highest BCUT2D eigenvalue weighted by atomic mass is 15.2. The van der Waals surface area contributed by atoms with Crippen LogP contribution >= 0.6 is 0 Å². The zero-order chi connectivity index (χ0) is 18.7. The summed E-state index contributed by atoms with van der Waals surface area (Å²) in [6, 6.07) is 18.6. The molecule has 1 unspecified atom stereocenters. The molecular formula is C22H27N5. The van der Waals surface area contributed by atoms with Crippen LogP contribution in [0.15, 0.2) is 73.2 Å². The Bertz CT molecular complexity index is 723. The SMILES string of the molecule is CC(CCNCc1ccccn1)N(Cc1ccccn1)Cc1ccccn1. The van der Waals surface area contributed by atoms with Gasteiger partial charge in [0.05, 0.1) is 17.1 Å². The van der Waals surface area contributed by atoms with Gasteiger partial charge in [0.2, 0.25) is 0 Å². The first kappa shape index (κ1) is 19.1. The summed E-state index contributed by atoms with van der Waals surface area (Å²) in [5, 5.41) is 3.49. The van der Waals surface area contributed by atoms with Gasteiger partial charge in [-0.2, -0.15) is 0 Å². The third-order valence-corrected chi connectivity index (χ3v) is 4.58. The second-order valence-corrected chi connectivity index (χ2v) is 6.68. The van der Waals surface area contributed by atoms with Crippen LogP contribution in [0.25, 0.3) is 0 Å². The third-order valence-electron chi connectivity index (χ3n) is 4.58. The fraction of sp³-hybridized carbons (Fsp3) is 0.318. The van der Waals surface area contributed by atoms with E-state index >= 15 is 0 Å². The number of nitrogens with zero attached hydrogens (tertiary/aromatic N) is 4. The van der Waals surface area contributed by atoms with E-state index < -0.39 is 0 Å². The quantitative estimate of drug-likeness (QED) is 0.561. The summed E-state index contributed by atoms with van der Waals surface area (Å²) >= 11 is 0. The highest BCUT2D eigenvalue weighted by Crippen LogP contribution is 2.13. The minimum atomic E-state index is 0.408. The molecule has 5 heteroatoms. The lowest BCUT2D eigenvalue weighted by Gasteiger charge is -2.28. The fourth-order valence-corrected chi connectivity index (χ4v) is 2.98. The van der Waals surface area contributed by atoms with Crippen LogP contribution in [0.1, 0.15) is 30.4 Å². The predicted octanol–water partition coefficient (Wildman–Crippen LogP) is 3.44. The molecule has 5 nitrogen and oxygen atoms in total. The van der Waals surface area contributed by atoms with Crippen molar-refractivity contribution in [3.8, 4) is 0 Å². The molecule has 0 saturated carbocycles. The molecule has 3 rings (SSSR count). The first-order valence-electron chi connectivity index (χ1n) is 9.46. The highest BCUT2D eigenvalue weighted by Gasteiger charge is 2.16. The molecule has 0 bridgehead atoms. The Hall–Kier alpha value is -2.63. The van der Waals surface area contributed by atoms with E-state index in [1.807, 2.05) is 61.1 Å². The Kier molecular flexibility index (Phi) is 7.45. The first-order valence-corrected chi connectivity index (χ1v) is 9.46. The Balaban J connectivity index is 1.55. The summed E-state index contributed by atoms with van der Waals surface area (Å²) in [4.78, 5) is 15.8. The minimum absolute atomic E-state index is 0.408. The molecule has 1 N–H and O–H groups in total. The van der Waals surface area contributed by atoms with Gasteiger partial charge in [0.25, 0.3) is 0 Å². The lowest BCUT2D eigenvalue weighted by molar-refractivity contribution is 0.176. The molecule has 3 aromatic rings. The molecular weight excluding hydrogens is 334 g/mol. The van der Waals surface area contributed by atoms with Gasteiger partial charge in [0.15, 0.2) is 0 Å². The lowest BCUT2D eigenvalue weighted by atomic mass is 10.1. The van der Waals surface area contributed by atoms with Crippen molar-refractivity contribution in [3.05, 3.63) is 90.3 Å². The normalized spacial score (nSPS) is 12.2. The summed E-state index contributed by atoms with van der Waals surface area (Å²) < 4.78 is 0. The van der Waals surface area contributed by atoms with Crippen molar-refractivity contribution in [2.75, 3.05) is 6.54 Å². The van der Waals surface area contributed by atoms with E-state index in [0.717, 1.165) is 49.7 Å². The molecule has 3 aromatic heterocycles. The molecule has 27 heavy (non-hydrogen) atoms. The van der Waals surface area contributed by atoms with Gasteiger partial charge in [0.1, 0.15) is 0 Å². The van der Waals surface area contributed by atoms with Gasteiger partial charge in [-0.05, 0) is 56.3 Å². The molecule has 0 saturated heterocycles. The van der Waals surface area contributed by atoms with Crippen LogP contribution in [-0.2, 0) is 19.6 Å². The van der Waals surface area contributed by atoms with Gasteiger partial charge in [-0.25, -0.2) is 0 Å². The number of nitrogens with one attached hydrogen (secondary N) is 1. The van der Waals surface area contributed by atoms with Crippen LogP contribution in [-0.4, -0.2) is 32.4 Å². The van der Waals surface area contributed by atoms with Crippen molar-refractivity contribution in [1.29, 1.82) is 0 Å². The van der Waals surface area contributed by atoms with E-state index in [2.05, 4.69) is 44.2 Å². The summed E-state index contributed by atoms with van der Waals surface area (Å²) in [5.74, 6) is 0. The number of hydrogen-bond acceptors (Lipinski definition) is 5. The smallest absolute Gasteiger partial charge is 0.0544 e. The molecule has 0 spiro atoms. The van der Waals surface area contributed by atoms with Gasteiger partial charge in [-0.1, -0.05) is 18.2 Å². The van der Waals surface area contributed by atoms with Crippen molar-refractivity contribution in [2.24, 2.45) is 0 Å². The van der Waals surface area contributed by atoms with Crippen molar-refractivity contribution in [2.45, 2.75) is 39.0 Å². The van der Waals surface area contributed by atoms with Gasteiger partial charge in [-0.15, -0.1) is 0 Å². The first-order chi connectivity index (χ1) is 13.3. The maximum Gasteiger partial charge on any atom is 0.0544 e. The minimum Gasteiger partial charge on any atom is -0.311 e. The standard InChI is InChI=1S/C22H27N5/c1-19(11-15-23-16-20-8-2-5-12-24-20)27(17-21-9-3-6-13-25-21)18-22-10-4-7-14-26-22/h2-10,12-14,19,23H,11,15-18H2,1H3. The van der Waals surface area contributed by atoms with Crippen LogP contribution in [0.4, 0.5) is 0 Å². The average Bonchev–Trinajstić information content (AvgIpc) is 2.73. The molecule has 0 aliphatic rings. The molecule has 0 fully saturated rings. The van der Waals surface area contributed by atoms with E-state index in [4.69, 9.17) is 0 Å². The van der Waals surface area contributed by atoms with Crippen LogP contribution in [0.3, 0.4) is 0 Å². The fourth-order valence-electron chi connectivity index (χ4n) is 2.98. The molecule has 140 valence electrons. The molecule has 0 amide bonds. The van der Waals surface area contributed by atoms with Crippen molar-refractivity contribution in [3.63, 3.8) is 0 Å². The second-order valence-electron chi connectivity index (χ2n) is 6.68. The molecule has 0 radical (unpaired) electrons. The molecule has 0 aliphatic heterocycles. The summed E-state index contributed by atoms with van der Waals surface area (Å²) in [6.07, 6.45) is 6.59. The Morgan fingerprint density at radius 2 is 1.30 bits per heavy atom.